The standard InChI is InChI=1S/C29H35N3O5/c1-5-28-13-14-29(37-28)23(22(28)25(34)30-4)27(36)32(21(16-33)19-9-7-6-8-10-19)24(29)26(35)31-20-15-17(2)11-12-18(20)3/h6-12,15,21-24,33H,5,13-14,16H2,1-4H3,(H,30,34)(H,31,35)/t21-,22+,23+,24?,28-,29?/m1/s1. The lowest BCUT2D eigenvalue weighted by atomic mass is 9.65. The molecule has 1 spiro atoms. The quantitative estimate of drug-likeness (QED) is 0.536. The van der Waals surface area contributed by atoms with Gasteiger partial charge in [-0.3, -0.25) is 14.4 Å². The number of carbonyl (C=O) groups excluding carboxylic acids is 3. The lowest BCUT2D eigenvalue weighted by molar-refractivity contribution is -0.149. The summed E-state index contributed by atoms with van der Waals surface area (Å²) in [5.74, 6) is -2.47. The van der Waals surface area contributed by atoms with Gasteiger partial charge in [0, 0.05) is 12.7 Å². The van der Waals surface area contributed by atoms with Crippen LogP contribution in [-0.2, 0) is 19.1 Å². The van der Waals surface area contributed by atoms with E-state index in [2.05, 4.69) is 10.6 Å². The molecule has 6 atom stereocenters. The van der Waals surface area contributed by atoms with E-state index in [1.807, 2.05) is 69.3 Å². The molecule has 3 N–H and O–H groups in total. The summed E-state index contributed by atoms with van der Waals surface area (Å²) in [6.07, 6.45) is 1.63. The highest BCUT2D eigenvalue weighted by Gasteiger charge is 2.79. The summed E-state index contributed by atoms with van der Waals surface area (Å²) in [7, 11) is 1.56. The second-order valence-corrected chi connectivity index (χ2v) is 10.6. The van der Waals surface area contributed by atoms with Crippen molar-refractivity contribution in [2.45, 2.75) is 63.3 Å². The number of ether oxygens (including phenoxy) is 1. The van der Waals surface area contributed by atoms with Gasteiger partial charge < -0.3 is 25.4 Å². The summed E-state index contributed by atoms with van der Waals surface area (Å²) < 4.78 is 6.75. The maximum atomic E-state index is 14.3. The van der Waals surface area contributed by atoms with Crippen LogP contribution in [0.4, 0.5) is 5.69 Å². The highest BCUT2D eigenvalue weighted by molar-refractivity contribution is 6.04. The Labute approximate surface area is 217 Å². The Bertz CT molecular complexity index is 1230. The van der Waals surface area contributed by atoms with E-state index < -0.39 is 35.1 Å². The Kier molecular flexibility index (Phi) is 6.36. The fourth-order valence-corrected chi connectivity index (χ4v) is 6.95. The van der Waals surface area contributed by atoms with Crippen molar-refractivity contribution in [1.29, 1.82) is 0 Å². The van der Waals surface area contributed by atoms with E-state index in [-0.39, 0.29) is 24.3 Å². The molecule has 2 aromatic rings. The van der Waals surface area contributed by atoms with Gasteiger partial charge in [0.15, 0.2) is 0 Å². The van der Waals surface area contributed by atoms with Crippen molar-refractivity contribution in [1.82, 2.24) is 10.2 Å². The maximum Gasteiger partial charge on any atom is 0.250 e. The number of aliphatic hydroxyl groups excluding tert-OH is 1. The number of fused-ring (bicyclic) bond motifs is 1. The lowest BCUT2D eigenvalue weighted by Crippen LogP contribution is -2.54. The van der Waals surface area contributed by atoms with Crippen LogP contribution in [0, 0.1) is 25.7 Å². The predicted molar refractivity (Wildman–Crippen MR) is 139 cm³/mol. The van der Waals surface area contributed by atoms with E-state index >= 15 is 0 Å². The summed E-state index contributed by atoms with van der Waals surface area (Å²) in [5, 5.41) is 16.3. The normalized spacial score (nSPS) is 30.8. The van der Waals surface area contributed by atoms with Crippen LogP contribution in [-0.4, -0.2) is 58.6 Å². The zero-order chi connectivity index (χ0) is 26.5. The molecule has 3 fully saturated rings. The SMILES string of the molecule is CC[C@]12CCC3(O1)C(C(=O)Nc1cc(C)ccc1C)N([C@H](CO)c1ccccc1)C(=O)[C@@H]3[C@H]2C(=O)NC. The molecule has 3 aliphatic heterocycles. The second-order valence-electron chi connectivity index (χ2n) is 10.6. The first-order valence-corrected chi connectivity index (χ1v) is 13.0. The lowest BCUT2D eigenvalue weighted by Gasteiger charge is -2.37. The first kappa shape index (κ1) is 25.4. The number of nitrogens with zero attached hydrogens (tertiary/aromatic N) is 1. The molecule has 0 aliphatic carbocycles. The fraction of sp³-hybridized carbons (Fsp3) is 0.483. The molecule has 2 unspecified atom stereocenters. The van der Waals surface area contributed by atoms with Crippen molar-refractivity contribution in [3.05, 3.63) is 65.2 Å². The maximum absolute atomic E-state index is 14.3. The Morgan fingerprint density at radius 2 is 1.86 bits per heavy atom. The molecule has 0 radical (unpaired) electrons. The fourth-order valence-electron chi connectivity index (χ4n) is 6.95. The monoisotopic (exact) mass is 505 g/mol. The van der Waals surface area contributed by atoms with Crippen LogP contribution in [0.15, 0.2) is 48.5 Å². The molecule has 2 aromatic carbocycles. The number of rotatable bonds is 7. The zero-order valence-electron chi connectivity index (χ0n) is 21.8. The molecular formula is C29H35N3O5. The van der Waals surface area contributed by atoms with Crippen molar-refractivity contribution >= 4 is 23.4 Å². The molecule has 0 saturated carbocycles. The minimum atomic E-state index is -1.16. The summed E-state index contributed by atoms with van der Waals surface area (Å²) >= 11 is 0. The van der Waals surface area contributed by atoms with Gasteiger partial charge in [-0.2, -0.15) is 0 Å². The molecule has 3 saturated heterocycles. The smallest absolute Gasteiger partial charge is 0.250 e. The van der Waals surface area contributed by atoms with Gasteiger partial charge in [-0.1, -0.05) is 49.4 Å². The van der Waals surface area contributed by atoms with Crippen LogP contribution in [0.5, 0.6) is 0 Å². The van der Waals surface area contributed by atoms with Gasteiger partial charge >= 0.3 is 0 Å². The Morgan fingerprint density at radius 3 is 2.51 bits per heavy atom. The van der Waals surface area contributed by atoms with Gasteiger partial charge in [-0.05, 0) is 55.9 Å². The number of hydrogen-bond acceptors (Lipinski definition) is 5. The van der Waals surface area contributed by atoms with Crippen LogP contribution in [0.2, 0.25) is 0 Å². The number of hydrogen-bond donors (Lipinski definition) is 3. The highest BCUT2D eigenvalue weighted by atomic mass is 16.5. The highest BCUT2D eigenvalue weighted by Crippen LogP contribution is 2.65. The Balaban J connectivity index is 1.64. The third kappa shape index (κ3) is 3.68. The second kappa shape index (κ2) is 9.26. The first-order chi connectivity index (χ1) is 17.7. The van der Waals surface area contributed by atoms with E-state index in [1.165, 1.54) is 4.90 Å². The van der Waals surface area contributed by atoms with Crippen LogP contribution in [0.1, 0.15) is 48.9 Å². The number of likely N-dealkylation sites (tertiary alicyclic amines) is 1. The summed E-state index contributed by atoms with van der Waals surface area (Å²) in [4.78, 5) is 43.2. The molecular weight excluding hydrogens is 470 g/mol. The van der Waals surface area contributed by atoms with Gasteiger partial charge in [0.1, 0.15) is 11.6 Å². The number of carbonyl (C=O) groups is 3. The zero-order valence-corrected chi connectivity index (χ0v) is 21.8. The van der Waals surface area contributed by atoms with Gasteiger partial charge in [0.05, 0.1) is 30.1 Å². The summed E-state index contributed by atoms with van der Waals surface area (Å²) in [6, 6.07) is 13.3. The van der Waals surface area contributed by atoms with Crippen LogP contribution in [0.3, 0.4) is 0 Å². The number of anilines is 1. The van der Waals surface area contributed by atoms with Crippen molar-refractivity contribution in [2.24, 2.45) is 11.8 Å². The summed E-state index contributed by atoms with van der Waals surface area (Å²) in [6.45, 7) is 5.46. The van der Waals surface area contributed by atoms with Crippen LogP contribution >= 0.6 is 0 Å². The van der Waals surface area contributed by atoms with Gasteiger partial charge in [-0.15, -0.1) is 0 Å². The van der Waals surface area contributed by atoms with Crippen LogP contribution < -0.4 is 10.6 Å². The molecule has 8 heteroatoms. The largest absolute Gasteiger partial charge is 0.394 e. The van der Waals surface area contributed by atoms with E-state index in [1.54, 1.807) is 7.05 Å². The van der Waals surface area contributed by atoms with E-state index in [9.17, 15) is 19.5 Å². The van der Waals surface area contributed by atoms with E-state index in [0.29, 0.717) is 24.9 Å². The molecule has 196 valence electrons. The van der Waals surface area contributed by atoms with E-state index in [0.717, 1.165) is 16.7 Å². The average Bonchev–Trinajstić information content (AvgIpc) is 3.51. The number of aliphatic hydroxyl groups is 1. The topological polar surface area (TPSA) is 108 Å². The summed E-state index contributed by atoms with van der Waals surface area (Å²) in [5.41, 5.74) is 1.32. The van der Waals surface area contributed by atoms with Crippen molar-refractivity contribution in [3.63, 3.8) is 0 Å². The van der Waals surface area contributed by atoms with Gasteiger partial charge in [0.25, 0.3) is 0 Å². The Morgan fingerprint density at radius 1 is 1.14 bits per heavy atom. The molecule has 37 heavy (non-hydrogen) atoms. The number of nitrogens with one attached hydrogen (secondary N) is 2. The molecule has 5 rings (SSSR count). The van der Waals surface area contributed by atoms with Gasteiger partial charge in [-0.25, -0.2) is 0 Å². The third-order valence-corrected chi connectivity index (χ3v) is 8.74. The molecule has 0 aromatic heterocycles. The number of benzene rings is 2. The van der Waals surface area contributed by atoms with Crippen molar-refractivity contribution in [3.8, 4) is 0 Å². The average molecular weight is 506 g/mol. The molecule has 3 aliphatic rings. The molecule has 3 amide bonds. The molecule has 2 bridgehead atoms. The molecule has 8 nitrogen and oxygen atoms in total. The predicted octanol–water partition coefficient (Wildman–Crippen LogP) is 2.88. The van der Waals surface area contributed by atoms with Crippen LogP contribution in [0.25, 0.3) is 0 Å². The molecule has 3 heterocycles. The number of amides is 3. The Hall–Kier alpha value is -3.23. The van der Waals surface area contributed by atoms with Crippen molar-refractivity contribution in [2.75, 3.05) is 19.0 Å². The minimum Gasteiger partial charge on any atom is -0.394 e. The minimum absolute atomic E-state index is 0.252. The third-order valence-electron chi connectivity index (χ3n) is 8.74. The van der Waals surface area contributed by atoms with Gasteiger partial charge in [0.2, 0.25) is 17.7 Å². The van der Waals surface area contributed by atoms with Crippen molar-refractivity contribution < 1.29 is 24.2 Å². The number of aryl methyl sites for hydroxylation is 2. The first-order valence-electron chi connectivity index (χ1n) is 13.0. The van der Waals surface area contributed by atoms with E-state index in [4.69, 9.17) is 4.74 Å².